The smallest absolute Gasteiger partial charge is 0.299 e. The Morgan fingerprint density at radius 2 is 1.80 bits per heavy atom. The number of carbonyl (C=O) groups excluding carboxylic acids is 1. The molecule has 0 N–H and O–H groups in total. The zero-order chi connectivity index (χ0) is 11.4. The van der Waals surface area contributed by atoms with Crippen LogP contribution in [0.2, 0.25) is 0 Å². The Labute approximate surface area is 83.0 Å². The van der Waals surface area contributed by atoms with Gasteiger partial charge in [-0.25, -0.2) is 0 Å². The highest BCUT2D eigenvalue weighted by Gasteiger charge is 2.21. The summed E-state index contributed by atoms with van der Waals surface area (Å²) in [6.45, 7) is 0. The van der Waals surface area contributed by atoms with Crippen molar-refractivity contribution in [1.82, 2.24) is 0 Å². The van der Waals surface area contributed by atoms with Crippen molar-refractivity contribution < 1.29 is 18.5 Å². The van der Waals surface area contributed by atoms with Crippen LogP contribution in [-0.2, 0) is 4.79 Å². The van der Waals surface area contributed by atoms with Crippen molar-refractivity contribution in [2.24, 2.45) is 0 Å². The summed E-state index contributed by atoms with van der Waals surface area (Å²) in [5, 5.41) is 10.2. The molecule has 78 valence electrons. The number of nitro groups is 1. The molecule has 0 spiro atoms. The molecule has 0 radical (unpaired) electrons. The number of nitro benzene ring substituents is 1. The van der Waals surface area contributed by atoms with E-state index in [4.69, 9.17) is 0 Å². The summed E-state index contributed by atoms with van der Waals surface area (Å²) in [7, 11) is 0. The molecule has 0 aliphatic heterocycles. The van der Waals surface area contributed by atoms with Gasteiger partial charge in [0.25, 0.3) is 0 Å². The highest BCUT2D eigenvalue weighted by Crippen LogP contribution is 2.23. The topological polar surface area (TPSA) is 60.2 Å². The molecule has 0 amide bonds. The molecule has 0 heterocycles. The quantitative estimate of drug-likeness (QED) is 0.334. The van der Waals surface area contributed by atoms with E-state index in [0.29, 0.717) is 6.29 Å². The molecule has 0 atom stereocenters. The molecule has 0 saturated carbocycles. The van der Waals surface area contributed by atoms with E-state index in [-0.39, 0.29) is 5.56 Å². The van der Waals surface area contributed by atoms with Crippen molar-refractivity contribution in [3.63, 3.8) is 0 Å². The van der Waals surface area contributed by atoms with Crippen molar-refractivity contribution in [3.8, 4) is 0 Å². The first kappa shape index (κ1) is 11.0. The fourth-order valence-electron chi connectivity index (χ4n) is 1.01. The average molecular weight is 213 g/mol. The largest absolute Gasteiger partial charge is 0.340 e. The van der Waals surface area contributed by atoms with E-state index in [1.807, 2.05) is 0 Å². The maximum Gasteiger partial charge on any atom is 0.340 e. The molecule has 4 nitrogen and oxygen atoms in total. The van der Waals surface area contributed by atoms with E-state index in [9.17, 15) is 23.7 Å². The van der Waals surface area contributed by atoms with Gasteiger partial charge in [0.1, 0.15) is 6.29 Å². The lowest BCUT2D eigenvalue weighted by Crippen LogP contribution is -1.97. The Bertz CT molecular complexity index is 420. The number of halogens is 2. The number of nitrogens with zero attached hydrogens (tertiary/aromatic N) is 1. The van der Waals surface area contributed by atoms with Gasteiger partial charge in [-0.1, -0.05) is 6.08 Å². The van der Waals surface area contributed by atoms with Gasteiger partial charge in [0.05, 0.1) is 4.92 Å². The van der Waals surface area contributed by atoms with Crippen LogP contribution in [0.4, 0.5) is 14.5 Å². The van der Waals surface area contributed by atoms with Crippen LogP contribution in [-0.4, -0.2) is 11.2 Å². The molecule has 6 heteroatoms. The Morgan fingerprint density at radius 1 is 1.27 bits per heavy atom. The van der Waals surface area contributed by atoms with E-state index in [1.54, 1.807) is 0 Å². The lowest BCUT2D eigenvalue weighted by Gasteiger charge is -1.97. The molecule has 1 rings (SSSR count). The third-order valence-electron chi connectivity index (χ3n) is 1.59. The molecule has 0 aliphatic rings. The number of benzene rings is 1. The predicted molar refractivity (Wildman–Crippen MR) is 48.1 cm³/mol. The maximum atomic E-state index is 13.0. The number of hydrogen-bond acceptors (Lipinski definition) is 3. The molecule has 15 heavy (non-hydrogen) atoms. The Hall–Kier alpha value is -2.11. The third-order valence-corrected chi connectivity index (χ3v) is 1.59. The first-order chi connectivity index (χ1) is 7.06. The molecular weight excluding hydrogens is 208 g/mol. The van der Waals surface area contributed by atoms with Gasteiger partial charge >= 0.3 is 5.69 Å². The van der Waals surface area contributed by atoms with Gasteiger partial charge in [-0.05, 0) is 23.8 Å². The minimum absolute atomic E-state index is 0.0442. The normalized spacial score (nSPS) is 10.5. The predicted octanol–water partition coefficient (Wildman–Crippen LogP) is 2.09. The fourth-order valence-corrected chi connectivity index (χ4v) is 1.01. The highest BCUT2D eigenvalue weighted by molar-refractivity contribution is 5.74. The van der Waals surface area contributed by atoms with Gasteiger partial charge in [0.15, 0.2) is 0 Å². The number of allylic oxidation sites excluding steroid dienone is 1. The minimum Gasteiger partial charge on any atom is -0.299 e. The Balaban J connectivity index is 3.25. The van der Waals surface area contributed by atoms with Gasteiger partial charge in [0.2, 0.25) is 11.6 Å². The van der Waals surface area contributed by atoms with E-state index in [2.05, 4.69) is 0 Å². The maximum absolute atomic E-state index is 13.0. The summed E-state index contributed by atoms with van der Waals surface area (Å²) in [6.07, 6.45) is 2.60. The second-order valence-corrected chi connectivity index (χ2v) is 2.59. The molecule has 0 aromatic heterocycles. The molecule has 0 fully saturated rings. The van der Waals surface area contributed by atoms with Crippen LogP contribution in [0.3, 0.4) is 0 Å². The molecule has 0 aliphatic carbocycles. The van der Waals surface area contributed by atoms with Gasteiger partial charge < -0.3 is 0 Å². The first-order valence-electron chi connectivity index (χ1n) is 3.81. The Kier molecular flexibility index (Phi) is 3.22. The van der Waals surface area contributed by atoms with Crippen LogP contribution in [0, 0.1) is 21.7 Å². The van der Waals surface area contributed by atoms with Crippen LogP contribution in [0.5, 0.6) is 0 Å². The molecule has 0 bridgehead atoms. The van der Waals surface area contributed by atoms with E-state index in [0.717, 1.165) is 24.3 Å². The van der Waals surface area contributed by atoms with Gasteiger partial charge in [0, 0.05) is 0 Å². The van der Waals surface area contributed by atoms with Crippen molar-refractivity contribution >= 4 is 18.0 Å². The molecule has 0 unspecified atom stereocenters. The number of hydrogen-bond donors (Lipinski definition) is 0. The van der Waals surface area contributed by atoms with Crippen LogP contribution >= 0.6 is 0 Å². The van der Waals surface area contributed by atoms with Crippen LogP contribution in [0.1, 0.15) is 5.56 Å². The van der Waals surface area contributed by atoms with E-state index < -0.39 is 22.2 Å². The van der Waals surface area contributed by atoms with Gasteiger partial charge in [-0.2, -0.15) is 8.78 Å². The Morgan fingerprint density at radius 3 is 2.20 bits per heavy atom. The average Bonchev–Trinajstić information content (AvgIpc) is 2.12. The summed E-state index contributed by atoms with van der Waals surface area (Å²) < 4.78 is 26.0. The lowest BCUT2D eigenvalue weighted by atomic mass is 10.2. The fraction of sp³-hybridized carbons (Fsp3) is 0. The molecular formula is C9H5F2NO3. The molecule has 0 saturated heterocycles. The summed E-state index contributed by atoms with van der Waals surface area (Å²) in [6, 6.07) is 1.56. The van der Waals surface area contributed by atoms with E-state index in [1.165, 1.54) is 0 Å². The second kappa shape index (κ2) is 4.41. The van der Waals surface area contributed by atoms with Gasteiger partial charge in [-0.15, -0.1) is 0 Å². The highest BCUT2D eigenvalue weighted by atomic mass is 19.1. The van der Waals surface area contributed by atoms with Crippen molar-refractivity contribution in [2.45, 2.75) is 0 Å². The zero-order valence-corrected chi connectivity index (χ0v) is 7.31. The number of carbonyl (C=O) groups is 1. The third kappa shape index (κ3) is 2.43. The van der Waals surface area contributed by atoms with Crippen LogP contribution < -0.4 is 0 Å². The second-order valence-electron chi connectivity index (χ2n) is 2.59. The summed E-state index contributed by atoms with van der Waals surface area (Å²) in [5.74, 6) is -2.55. The zero-order valence-electron chi connectivity index (χ0n) is 7.31. The first-order valence-corrected chi connectivity index (χ1v) is 3.81. The standard InChI is InChI=1S/C9H5F2NO3/c10-7-4-6(2-1-3-13)5-8(11)9(7)12(14)15/h1-5H. The molecule has 1 aromatic carbocycles. The van der Waals surface area contributed by atoms with Crippen molar-refractivity contribution in [2.75, 3.05) is 0 Å². The monoisotopic (exact) mass is 213 g/mol. The SMILES string of the molecule is O=CC=Cc1cc(F)c([N+](=O)[O-])c(F)c1. The van der Waals surface area contributed by atoms with E-state index >= 15 is 0 Å². The van der Waals surface area contributed by atoms with Crippen LogP contribution in [0.15, 0.2) is 18.2 Å². The van der Waals surface area contributed by atoms with Crippen molar-refractivity contribution in [1.29, 1.82) is 0 Å². The number of aldehydes is 1. The lowest BCUT2D eigenvalue weighted by molar-refractivity contribution is -0.390. The summed E-state index contributed by atoms with van der Waals surface area (Å²) >= 11 is 0. The molecule has 1 aromatic rings. The van der Waals surface area contributed by atoms with Gasteiger partial charge in [-0.3, -0.25) is 14.9 Å². The van der Waals surface area contributed by atoms with Crippen molar-refractivity contribution in [3.05, 3.63) is 45.5 Å². The summed E-state index contributed by atoms with van der Waals surface area (Å²) in [4.78, 5) is 19.0. The van der Waals surface area contributed by atoms with Crippen LogP contribution in [0.25, 0.3) is 6.08 Å². The number of rotatable bonds is 3. The summed E-state index contributed by atoms with van der Waals surface area (Å²) in [5.41, 5.74) is -1.15. The minimum atomic E-state index is -1.27.